The number of piperidine rings is 1. The Morgan fingerprint density at radius 1 is 1.23 bits per heavy atom. The summed E-state index contributed by atoms with van der Waals surface area (Å²) in [6.07, 6.45) is 1.79. The fourth-order valence-corrected chi connectivity index (χ4v) is 1.79. The van der Waals surface area contributed by atoms with Gasteiger partial charge in [0.25, 0.3) is 5.92 Å². The number of hydrogen-bond acceptors (Lipinski definition) is 3. The molecule has 0 amide bonds. The fourth-order valence-electron chi connectivity index (χ4n) is 1.79. The van der Waals surface area contributed by atoms with Crippen molar-refractivity contribution < 1.29 is 13.5 Å². The molecule has 5 heteroatoms. The van der Waals surface area contributed by atoms with Gasteiger partial charge in [-0.05, 0) is 19.4 Å². The number of nitrogens with one attached hydrogen (secondary N) is 2. The first-order valence-corrected chi connectivity index (χ1v) is 4.60. The van der Waals surface area contributed by atoms with Crippen LogP contribution in [0.5, 0.6) is 0 Å². The third kappa shape index (κ3) is 1.98. The molecular formula is C8H14F2N2O. The molecular weight excluding hydrogens is 178 g/mol. The van der Waals surface area contributed by atoms with Gasteiger partial charge in [-0.25, -0.2) is 8.78 Å². The molecule has 2 rings (SSSR count). The van der Waals surface area contributed by atoms with Gasteiger partial charge in [0.2, 0.25) is 0 Å². The van der Waals surface area contributed by atoms with Crippen molar-refractivity contribution in [3.8, 4) is 0 Å². The van der Waals surface area contributed by atoms with Crippen molar-refractivity contribution in [1.29, 1.82) is 0 Å². The Bertz CT molecular complexity index is 181. The number of rotatable bonds is 0. The SMILES string of the molecule is FC1(F)CNC2(CCCNC2)OC1. The van der Waals surface area contributed by atoms with E-state index in [2.05, 4.69) is 10.6 Å². The third-order valence-corrected chi connectivity index (χ3v) is 2.57. The van der Waals surface area contributed by atoms with Crippen LogP contribution < -0.4 is 10.6 Å². The summed E-state index contributed by atoms with van der Waals surface area (Å²) < 4.78 is 30.7. The average molecular weight is 192 g/mol. The molecule has 1 spiro atoms. The average Bonchev–Trinajstić information content (AvgIpc) is 2.13. The van der Waals surface area contributed by atoms with Crippen LogP contribution in [-0.4, -0.2) is 37.9 Å². The smallest absolute Gasteiger partial charge is 0.283 e. The molecule has 0 aliphatic carbocycles. The van der Waals surface area contributed by atoms with E-state index >= 15 is 0 Å². The Morgan fingerprint density at radius 3 is 2.62 bits per heavy atom. The van der Waals surface area contributed by atoms with Crippen LogP contribution in [0.3, 0.4) is 0 Å². The molecule has 13 heavy (non-hydrogen) atoms. The van der Waals surface area contributed by atoms with Crippen LogP contribution in [0.2, 0.25) is 0 Å². The molecule has 0 bridgehead atoms. The lowest BCUT2D eigenvalue weighted by Crippen LogP contribution is -2.64. The molecule has 1 unspecified atom stereocenters. The molecule has 0 aromatic heterocycles. The molecule has 2 aliphatic heterocycles. The molecule has 0 radical (unpaired) electrons. The highest BCUT2D eigenvalue weighted by atomic mass is 19.3. The van der Waals surface area contributed by atoms with Gasteiger partial charge in [-0.3, -0.25) is 5.32 Å². The van der Waals surface area contributed by atoms with E-state index in [-0.39, 0.29) is 6.54 Å². The highest BCUT2D eigenvalue weighted by Gasteiger charge is 2.44. The van der Waals surface area contributed by atoms with Crippen LogP contribution in [-0.2, 0) is 4.74 Å². The quantitative estimate of drug-likeness (QED) is 0.580. The highest BCUT2D eigenvalue weighted by Crippen LogP contribution is 2.27. The molecule has 2 aliphatic rings. The van der Waals surface area contributed by atoms with Gasteiger partial charge in [-0.15, -0.1) is 0 Å². The van der Waals surface area contributed by atoms with E-state index in [0.29, 0.717) is 6.54 Å². The Labute approximate surface area is 75.8 Å². The van der Waals surface area contributed by atoms with Crippen LogP contribution >= 0.6 is 0 Å². The summed E-state index contributed by atoms with van der Waals surface area (Å²) in [5, 5.41) is 5.93. The number of ether oxygens (including phenoxy) is 1. The first-order valence-electron chi connectivity index (χ1n) is 4.60. The van der Waals surface area contributed by atoms with E-state index in [1.165, 1.54) is 0 Å². The highest BCUT2D eigenvalue weighted by molar-refractivity contribution is 4.91. The lowest BCUT2D eigenvalue weighted by atomic mass is 10.0. The van der Waals surface area contributed by atoms with Crippen molar-refractivity contribution in [2.75, 3.05) is 26.2 Å². The molecule has 0 aromatic rings. The van der Waals surface area contributed by atoms with Crippen molar-refractivity contribution in [2.45, 2.75) is 24.5 Å². The molecule has 2 fully saturated rings. The van der Waals surface area contributed by atoms with E-state index in [0.717, 1.165) is 19.4 Å². The van der Waals surface area contributed by atoms with Crippen molar-refractivity contribution >= 4 is 0 Å². The maximum atomic E-state index is 12.7. The summed E-state index contributed by atoms with van der Waals surface area (Å²) in [7, 11) is 0. The molecule has 2 heterocycles. The minimum atomic E-state index is -2.71. The predicted molar refractivity (Wildman–Crippen MR) is 43.7 cm³/mol. The van der Waals surface area contributed by atoms with Gasteiger partial charge in [0.1, 0.15) is 12.3 Å². The number of alkyl halides is 2. The van der Waals surface area contributed by atoms with Crippen LogP contribution in [0.4, 0.5) is 8.78 Å². The predicted octanol–water partition coefficient (Wildman–Crippen LogP) is 0.321. The van der Waals surface area contributed by atoms with Crippen molar-refractivity contribution in [2.24, 2.45) is 0 Å². The molecule has 1 atom stereocenters. The second kappa shape index (κ2) is 3.15. The van der Waals surface area contributed by atoms with Gasteiger partial charge in [0.05, 0.1) is 6.54 Å². The first-order chi connectivity index (χ1) is 6.12. The minimum absolute atomic E-state index is 0.269. The standard InChI is InChI=1S/C8H14F2N2O/c9-7(10)4-12-8(13-6-7)2-1-3-11-5-8/h11-12H,1-6H2. The molecule has 3 nitrogen and oxygen atoms in total. The Kier molecular flexibility index (Phi) is 2.25. The zero-order valence-corrected chi connectivity index (χ0v) is 7.41. The largest absolute Gasteiger partial charge is 0.353 e. The summed E-state index contributed by atoms with van der Waals surface area (Å²) in [6, 6.07) is 0. The van der Waals surface area contributed by atoms with E-state index in [1.807, 2.05) is 0 Å². The zero-order chi connectivity index (χ0) is 9.36. The second-order valence-corrected chi connectivity index (χ2v) is 3.77. The van der Waals surface area contributed by atoms with Gasteiger partial charge < -0.3 is 10.1 Å². The molecule has 76 valence electrons. The number of hydrogen-bond donors (Lipinski definition) is 2. The third-order valence-electron chi connectivity index (χ3n) is 2.57. The van der Waals surface area contributed by atoms with Crippen LogP contribution in [0, 0.1) is 0 Å². The van der Waals surface area contributed by atoms with Crippen LogP contribution in [0.25, 0.3) is 0 Å². The van der Waals surface area contributed by atoms with E-state index in [1.54, 1.807) is 0 Å². The summed E-state index contributed by atoms with van der Waals surface area (Å²) in [5.41, 5.74) is -0.528. The summed E-state index contributed by atoms with van der Waals surface area (Å²) in [5.74, 6) is -2.71. The molecule has 2 saturated heterocycles. The van der Waals surface area contributed by atoms with Crippen LogP contribution in [0.15, 0.2) is 0 Å². The van der Waals surface area contributed by atoms with Gasteiger partial charge in [-0.1, -0.05) is 0 Å². The zero-order valence-electron chi connectivity index (χ0n) is 7.41. The van der Waals surface area contributed by atoms with E-state index in [4.69, 9.17) is 4.74 Å². The first kappa shape index (κ1) is 9.30. The van der Waals surface area contributed by atoms with Gasteiger partial charge in [0, 0.05) is 6.54 Å². The monoisotopic (exact) mass is 192 g/mol. The van der Waals surface area contributed by atoms with Crippen molar-refractivity contribution in [3.63, 3.8) is 0 Å². The van der Waals surface area contributed by atoms with E-state index < -0.39 is 18.3 Å². The van der Waals surface area contributed by atoms with Gasteiger partial charge >= 0.3 is 0 Å². The fraction of sp³-hybridized carbons (Fsp3) is 1.00. The second-order valence-electron chi connectivity index (χ2n) is 3.77. The maximum absolute atomic E-state index is 12.7. The minimum Gasteiger partial charge on any atom is -0.353 e. The van der Waals surface area contributed by atoms with Crippen molar-refractivity contribution in [3.05, 3.63) is 0 Å². The topological polar surface area (TPSA) is 33.3 Å². The lowest BCUT2D eigenvalue weighted by molar-refractivity contribution is -0.198. The van der Waals surface area contributed by atoms with Crippen LogP contribution in [0.1, 0.15) is 12.8 Å². The normalized spacial score (nSPS) is 39.2. The Balaban J connectivity index is 1.95. The van der Waals surface area contributed by atoms with Gasteiger partial charge in [0.15, 0.2) is 0 Å². The molecule has 0 saturated carbocycles. The Morgan fingerprint density at radius 2 is 2.08 bits per heavy atom. The summed E-state index contributed by atoms with van der Waals surface area (Å²) in [4.78, 5) is 0. The Hall–Kier alpha value is -0.260. The molecule has 2 N–H and O–H groups in total. The number of halogens is 2. The van der Waals surface area contributed by atoms with E-state index in [9.17, 15) is 8.78 Å². The summed E-state index contributed by atoms with van der Waals surface area (Å²) >= 11 is 0. The van der Waals surface area contributed by atoms with Gasteiger partial charge in [-0.2, -0.15) is 0 Å². The molecule has 0 aromatic carbocycles. The summed E-state index contributed by atoms with van der Waals surface area (Å²) in [6.45, 7) is 0.850. The lowest BCUT2D eigenvalue weighted by Gasteiger charge is -2.43. The maximum Gasteiger partial charge on any atom is 0.283 e. The van der Waals surface area contributed by atoms with Crippen molar-refractivity contribution in [1.82, 2.24) is 10.6 Å².